The van der Waals surface area contributed by atoms with Crippen LogP contribution in [0.3, 0.4) is 0 Å². The monoisotopic (exact) mass is 492 g/mol. The topological polar surface area (TPSA) is 91.8 Å². The van der Waals surface area contributed by atoms with Crippen molar-refractivity contribution in [3.8, 4) is 5.75 Å². The molecule has 8 nitrogen and oxygen atoms in total. The standard InChI is InChI=1S/C26H28N4O4S/c1-16-3-5-19(6-4-16)30-15-18(13-23(30)31)25(33)29-11-9-17(10-12-29)24(32)28-26-27-21-8-7-20(34-2)14-22(21)35-26/h3-8,14,17-18H,9-13,15H2,1-2H3,(H,27,28,32). The van der Waals surface area contributed by atoms with Crippen molar-refractivity contribution in [2.45, 2.75) is 26.2 Å². The molecule has 0 bridgehead atoms. The highest BCUT2D eigenvalue weighted by atomic mass is 32.1. The molecule has 9 heteroatoms. The number of aromatic nitrogens is 1. The van der Waals surface area contributed by atoms with Gasteiger partial charge in [0.05, 0.1) is 23.2 Å². The Morgan fingerprint density at radius 1 is 1.09 bits per heavy atom. The van der Waals surface area contributed by atoms with Crippen molar-refractivity contribution >= 4 is 50.1 Å². The summed E-state index contributed by atoms with van der Waals surface area (Å²) in [5.74, 6) is 0.164. The highest BCUT2D eigenvalue weighted by Crippen LogP contribution is 2.31. The lowest BCUT2D eigenvalue weighted by Gasteiger charge is -2.32. The van der Waals surface area contributed by atoms with Gasteiger partial charge in [-0.2, -0.15) is 0 Å². The lowest BCUT2D eigenvalue weighted by Crippen LogP contribution is -2.44. The number of carbonyl (C=O) groups excluding carboxylic acids is 3. The van der Waals surface area contributed by atoms with E-state index in [1.54, 1.807) is 12.0 Å². The summed E-state index contributed by atoms with van der Waals surface area (Å²) in [7, 11) is 1.62. The number of anilines is 2. The zero-order chi connectivity index (χ0) is 24.5. The van der Waals surface area contributed by atoms with Gasteiger partial charge in [0.25, 0.3) is 0 Å². The van der Waals surface area contributed by atoms with Crippen LogP contribution in [0.4, 0.5) is 10.8 Å². The predicted molar refractivity (Wildman–Crippen MR) is 136 cm³/mol. The quantitative estimate of drug-likeness (QED) is 0.584. The molecule has 1 N–H and O–H groups in total. The van der Waals surface area contributed by atoms with E-state index in [0.717, 1.165) is 27.2 Å². The van der Waals surface area contributed by atoms with Gasteiger partial charge in [0.1, 0.15) is 5.75 Å². The molecule has 35 heavy (non-hydrogen) atoms. The number of nitrogens with zero attached hydrogens (tertiary/aromatic N) is 3. The highest BCUT2D eigenvalue weighted by molar-refractivity contribution is 7.22. The van der Waals surface area contributed by atoms with E-state index in [1.165, 1.54) is 11.3 Å². The summed E-state index contributed by atoms with van der Waals surface area (Å²) in [6, 6.07) is 13.4. The van der Waals surface area contributed by atoms with Gasteiger partial charge in [-0.05, 0) is 50.1 Å². The molecule has 0 radical (unpaired) electrons. The number of piperidine rings is 1. The Morgan fingerprint density at radius 2 is 1.83 bits per heavy atom. The maximum absolute atomic E-state index is 13.1. The number of thiazole rings is 1. The van der Waals surface area contributed by atoms with Crippen molar-refractivity contribution in [3.63, 3.8) is 0 Å². The van der Waals surface area contributed by atoms with E-state index in [9.17, 15) is 14.4 Å². The first kappa shape index (κ1) is 23.3. The molecule has 1 atom stereocenters. The molecule has 3 heterocycles. The van der Waals surface area contributed by atoms with Crippen LogP contribution in [0.1, 0.15) is 24.8 Å². The summed E-state index contributed by atoms with van der Waals surface area (Å²) in [5.41, 5.74) is 2.78. The number of rotatable bonds is 5. The number of carbonyl (C=O) groups is 3. The summed E-state index contributed by atoms with van der Waals surface area (Å²) in [5, 5.41) is 3.51. The third-order valence-corrected chi connectivity index (χ3v) is 7.76. The van der Waals surface area contributed by atoms with Crippen LogP contribution in [-0.4, -0.2) is 54.3 Å². The van der Waals surface area contributed by atoms with Crippen molar-refractivity contribution in [1.29, 1.82) is 0 Å². The zero-order valence-corrected chi connectivity index (χ0v) is 20.6. The largest absolute Gasteiger partial charge is 0.497 e. The Hall–Kier alpha value is -3.46. The second kappa shape index (κ2) is 9.65. The van der Waals surface area contributed by atoms with Gasteiger partial charge < -0.3 is 19.9 Å². The lowest BCUT2D eigenvalue weighted by atomic mass is 9.94. The molecule has 2 aliphatic rings. The molecule has 0 spiro atoms. The predicted octanol–water partition coefficient (Wildman–Crippen LogP) is 3.84. The van der Waals surface area contributed by atoms with Crippen LogP contribution in [-0.2, 0) is 14.4 Å². The molecule has 1 unspecified atom stereocenters. The normalized spacial score (nSPS) is 18.8. The Kier molecular flexibility index (Phi) is 6.42. The van der Waals surface area contributed by atoms with Crippen LogP contribution in [0.15, 0.2) is 42.5 Å². The summed E-state index contributed by atoms with van der Waals surface area (Å²) in [6.07, 6.45) is 1.42. The second-order valence-electron chi connectivity index (χ2n) is 9.18. The molecule has 2 saturated heterocycles. The number of amides is 3. The Bertz CT molecular complexity index is 1260. The minimum Gasteiger partial charge on any atom is -0.497 e. The fourth-order valence-electron chi connectivity index (χ4n) is 4.76. The summed E-state index contributed by atoms with van der Waals surface area (Å²) in [4.78, 5) is 46.5. The van der Waals surface area contributed by atoms with Crippen molar-refractivity contribution in [1.82, 2.24) is 9.88 Å². The molecule has 2 aliphatic heterocycles. The van der Waals surface area contributed by atoms with Gasteiger partial charge in [-0.1, -0.05) is 29.0 Å². The van der Waals surface area contributed by atoms with Crippen molar-refractivity contribution in [2.75, 3.05) is 37.0 Å². The molecule has 0 saturated carbocycles. The van der Waals surface area contributed by atoms with Gasteiger partial charge in [-0.25, -0.2) is 4.98 Å². The first-order valence-electron chi connectivity index (χ1n) is 11.8. The van der Waals surface area contributed by atoms with Crippen LogP contribution in [0.25, 0.3) is 10.2 Å². The van der Waals surface area contributed by atoms with Gasteiger partial charge in [-0.3, -0.25) is 14.4 Å². The van der Waals surface area contributed by atoms with E-state index in [1.807, 2.05) is 54.3 Å². The van der Waals surface area contributed by atoms with Crippen molar-refractivity contribution in [2.24, 2.45) is 11.8 Å². The SMILES string of the molecule is COc1ccc2nc(NC(=O)C3CCN(C(=O)C4CC(=O)N(c5ccc(C)cc5)C4)CC3)sc2c1. The van der Waals surface area contributed by atoms with Gasteiger partial charge in [0.2, 0.25) is 17.7 Å². The van der Waals surface area contributed by atoms with Crippen molar-refractivity contribution < 1.29 is 19.1 Å². The van der Waals surface area contributed by atoms with Crippen LogP contribution < -0.4 is 15.0 Å². The van der Waals surface area contributed by atoms with Crippen LogP contribution >= 0.6 is 11.3 Å². The summed E-state index contributed by atoms with van der Waals surface area (Å²) in [6.45, 7) is 3.44. The summed E-state index contributed by atoms with van der Waals surface area (Å²) >= 11 is 1.42. The van der Waals surface area contributed by atoms with Gasteiger partial charge in [0, 0.05) is 37.7 Å². The van der Waals surface area contributed by atoms with Gasteiger partial charge >= 0.3 is 0 Å². The number of nitrogens with one attached hydrogen (secondary N) is 1. The fourth-order valence-corrected chi connectivity index (χ4v) is 5.66. The van der Waals surface area contributed by atoms with Crippen LogP contribution in [0, 0.1) is 18.8 Å². The maximum atomic E-state index is 13.1. The number of hydrogen-bond donors (Lipinski definition) is 1. The minimum atomic E-state index is -0.339. The summed E-state index contributed by atoms with van der Waals surface area (Å²) < 4.78 is 6.20. The number of likely N-dealkylation sites (tertiary alicyclic amines) is 1. The molecule has 3 amide bonds. The average molecular weight is 493 g/mol. The Labute approximate surface area is 207 Å². The van der Waals surface area contributed by atoms with Gasteiger partial charge in [-0.15, -0.1) is 0 Å². The molecular weight excluding hydrogens is 464 g/mol. The third kappa shape index (κ3) is 4.86. The molecule has 2 fully saturated rings. The van der Waals surface area contributed by atoms with E-state index in [-0.39, 0.29) is 36.0 Å². The van der Waals surface area contributed by atoms with E-state index in [0.29, 0.717) is 37.6 Å². The Balaban J connectivity index is 1.15. The van der Waals surface area contributed by atoms with E-state index < -0.39 is 0 Å². The number of ether oxygens (including phenoxy) is 1. The van der Waals surface area contributed by atoms with E-state index >= 15 is 0 Å². The highest BCUT2D eigenvalue weighted by Gasteiger charge is 2.38. The molecule has 1 aromatic heterocycles. The third-order valence-electron chi connectivity index (χ3n) is 6.82. The first-order chi connectivity index (χ1) is 16.9. The maximum Gasteiger partial charge on any atom is 0.229 e. The number of methoxy groups -OCH3 is 1. The molecule has 5 rings (SSSR count). The number of hydrogen-bond acceptors (Lipinski definition) is 6. The molecular formula is C26H28N4O4S. The average Bonchev–Trinajstić information content (AvgIpc) is 3.46. The number of benzene rings is 2. The minimum absolute atomic E-state index is 0.00643. The molecule has 182 valence electrons. The number of fused-ring (bicyclic) bond motifs is 1. The smallest absolute Gasteiger partial charge is 0.229 e. The zero-order valence-electron chi connectivity index (χ0n) is 19.8. The van der Waals surface area contributed by atoms with E-state index in [4.69, 9.17) is 4.74 Å². The fraction of sp³-hybridized carbons (Fsp3) is 0.385. The molecule has 0 aliphatic carbocycles. The van der Waals surface area contributed by atoms with Crippen LogP contribution in [0.2, 0.25) is 0 Å². The van der Waals surface area contributed by atoms with Gasteiger partial charge in [0.15, 0.2) is 5.13 Å². The van der Waals surface area contributed by atoms with E-state index in [2.05, 4.69) is 10.3 Å². The Morgan fingerprint density at radius 3 is 2.54 bits per heavy atom. The second-order valence-corrected chi connectivity index (χ2v) is 10.2. The first-order valence-corrected chi connectivity index (χ1v) is 12.6. The van der Waals surface area contributed by atoms with Crippen molar-refractivity contribution in [3.05, 3.63) is 48.0 Å². The number of aryl methyl sites for hydroxylation is 1. The molecule has 2 aromatic carbocycles. The van der Waals surface area contributed by atoms with Crippen LogP contribution in [0.5, 0.6) is 5.75 Å². The molecule has 3 aromatic rings. The lowest BCUT2D eigenvalue weighted by molar-refractivity contribution is -0.138.